The maximum atomic E-state index is 12.0. The van der Waals surface area contributed by atoms with Crippen molar-refractivity contribution in [3.8, 4) is 17.6 Å². The van der Waals surface area contributed by atoms with Crippen LogP contribution in [0.4, 0.5) is 0 Å². The van der Waals surface area contributed by atoms with E-state index < -0.39 is 11.9 Å². The minimum Gasteiger partial charge on any atom is -0.482 e. The molecule has 0 radical (unpaired) electrons. The van der Waals surface area contributed by atoms with Gasteiger partial charge in [0.1, 0.15) is 23.1 Å². The Bertz CT molecular complexity index is 964. The van der Waals surface area contributed by atoms with E-state index in [1.807, 2.05) is 13.0 Å². The van der Waals surface area contributed by atoms with Gasteiger partial charge in [0.2, 0.25) is 0 Å². The molecule has 0 aliphatic carbocycles. The number of nitrogens with one attached hydrogen (secondary N) is 1. The molecule has 0 aliphatic rings. The van der Waals surface area contributed by atoms with Crippen LogP contribution in [0, 0.1) is 18.3 Å². The van der Waals surface area contributed by atoms with Gasteiger partial charge in [-0.3, -0.25) is 4.79 Å². The van der Waals surface area contributed by atoms with Gasteiger partial charge in [0, 0.05) is 18.7 Å². The zero-order chi connectivity index (χ0) is 21.9. The lowest BCUT2D eigenvalue weighted by Crippen LogP contribution is -2.27. The third kappa shape index (κ3) is 7.24. The van der Waals surface area contributed by atoms with Gasteiger partial charge in [-0.15, -0.1) is 0 Å². The number of hydrogen-bond donors (Lipinski definition) is 1. The van der Waals surface area contributed by atoms with E-state index in [1.165, 1.54) is 13.2 Å². The molecule has 0 atom stereocenters. The van der Waals surface area contributed by atoms with Gasteiger partial charge < -0.3 is 19.5 Å². The molecule has 0 heterocycles. The maximum Gasteiger partial charge on any atom is 0.349 e. The van der Waals surface area contributed by atoms with Crippen LogP contribution in [-0.4, -0.2) is 38.7 Å². The number of carbonyl (C=O) groups is 2. The van der Waals surface area contributed by atoms with Gasteiger partial charge in [0.25, 0.3) is 5.91 Å². The molecule has 0 bridgehead atoms. The largest absolute Gasteiger partial charge is 0.482 e. The van der Waals surface area contributed by atoms with Crippen molar-refractivity contribution in [3.63, 3.8) is 0 Å². The molecule has 1 amide bonds. The Balaban J connectivity index is 1.92. The van der Waals surface area contributed by atoms with Crippen molar-refractivity contribution in [2.24, 2.45) is 0 Å². The van der Waals surface area contributed by atoms with Crippen molar-refractivity contribution in [3.05, 3.63) is 64.2 Å². The Morgan fingerprint density at radius 3 is 2.57 bits per heavy atom. The molecule has 2 rings (SSSR count). The predicted molar refractivity (Wildman–Crippen MR) is 112 cm³/mol. The van der Waals surface area contributed by atoms with Crippen LogP contribution in [0.25, 0.3) is 6.08 Å². The summed E-state index contributed by atoms with van der Waals surface area (Å²) in [6, 6.07) is 13.4. The molecule has 30 heavy (non-hydrogen) atoms. The summed E-state index contributed by atoms with van der Waals surface area (Å²) in [5.74, 6) is -0.191. The first-order valence-corrected chi connectivity index (χ1v) is 9.39. The molecule has 0 fully saturated rings. The molecule has 7 nitrogen and oxygen atoms in total. The van der Waals surface area contributed by atoms with Crippen LogP contribution in [0.3, 0.4) is 0 Å². The lowest BCUT2D eigenvalue weighted by molar-refractivity contribution is -0.136. The highest BCUT2D eigenvalue weighted by atomic mass is 35.5. The molecule has 0 unspecified atom stereocenters. The highest BCUT2D eigenvalue weighted by Crippen LogP contribution is 2.22. The molecule has 8 heteroatoms. The molecule has 0 aromatic heterocycles. The SMILES string of the molecule is COCCNC(=O)/C(C#N)=C/c1ccc(OC(=O)COc2ccc(Cl)cc2C)cc1. The number of halogens is 1. The van der Waals surface area contributed by atoms with Crippen LogP contribution in [0.5, 0.6) is 11.5 Å². The first-order valence-electron chi connectivity index (χ1n) is 9.01. The number of esters is 1. The minimum absolute atomic E-state index is 0.0393. The number of nitrogens with zero attached hydrogens (tertiary/aromatic N) is 1. The van der Waals surface area contributed by atoms with Gasteiger partial charge in [-0.05, 0) is 54.5 Å². The summed E-state index contributed by atoms with van der Waals surface area (Å²) in [6.07, 6.45) is 1.44. The normalized spacial score (nSPS) is 10.8. The van der Waals surface area contributed by atoms with Crippen LogP contribution in [-0.2, 0) is 14.3 Å². The van der Waals surface area contributed by atoms with E-state index in [1.54, 1.807) is 42.5 Å². The molecule has 156 valence electrons. The summed E-state index contributed by atoms with van der Waals surface area (Å²) in [7, 11) is 1.52. The van der Waals surface area contributed by atoms with Gasteiger partial charge in [0.15, 0.2) is 6.61 Å². The van der Waals surface area contributed by atoms with Crippen LogP contribution in [0.2, 0.25) is 5.02 Å². The zero-order valence-electron chi connectivity index (χ0n) is 16.6. The fourth-order valence-electron chi connectivity index (χ4n) is 2.38. The number of hydrogen-bond acceptors (Lipinski definition) is 6. The number of carbonyl (C=O) groups excluding carboxylic acids is 2. The Morgan fingerprint density at radius 2 is 1.93 bits per heavy atom. The molecule has 0 saturated heterocycles. The van der Waals surface area contributed by atoms with Crippen LogP contribution >= 0.6 is 11.6 Å². The lowest BCUT2D eigenvalue weighted by atomic mass is 10.1. The number of benzene rings is 2. The molecular formula is C22H21ClN2O5. The summed E-state index contributed by atoms with van der Waals surface area (Å²) >= 11 is 5.89. The molecule has 0 saturated carbocycles. The summed E-state index contributed by atoms with van der Waals surface area (Å²) in [5, 5.41) is 12.3. The number of rotatable bonds is 9. The molecule has 1 N–H and O–H groups in total. The topological polar surface area (TPSA) is 97.6 Å². The van der Waals surface area contributed by atoms with Gasteiger partial charge in [-0.2, -0.15) is 5.26 Å². The third-order valence-corrected chi connectivity index (χ3v) is 4.10. The second kappa shape index (κ2) is 11.6. The van der Waals surface area contributed by atoms with Gasteiger partial charge in [0.05, 0.1) is 6.61 Å². The van der Waals surface area contributed by atoms with E-state index in [-0.39, 0.29) is 12.2 Å². The molecular weight excluding hydrogens is 408 g/mol. The maximum absolute atomic E-state index is 12.0. The van der Waals surface area contributed by atoms with E-state index >= 15 is 0 Å². The second-order valence-corrected chi connectivity index (χ2v) is 6.60. The number of ether oxygens (including phenoxy) is 3. The Morgan fingerprint density at radius 1 is 1.20 bits per heavy atom. The van der Waals surface area contributed by atoms with Crippen molar-refractivity contribution in [1.82, 2.24) is 5.32 Å². The Labute approximate surface area is 179 Å². The van der Waals surface area contributed by atoms with E-state index in [9.17, 15) is 14.9 Å². The molecule has 0 aliphatic heterocycles. The van der Waals surface area contributed by atoms with E-state index in [0.29, 0.717) is 35.2 Å². The monoisotopic (exact) mass is 428 g/mol. The number of methoxy groups -OCH3 is 1. The number of amides is 1. The fourth-order valence-corrected chi connectivity index (χ4v) is 2.61. The number of nitriles is 1. The van der Waals surface area contributed by atoms with Crippen molar-refractivity contribution < 1.29 is 23.8 Å². The summed E-state index contributed by atoms with van der Waals surface area (Å²) in [4.78, 5) is 23.9. The highest BCUT2D eigenvalue weighted by Gasteiger charge is 2.10. The van der Waals surface area contributed by atoms with E-state index in [0.717, 1.165) is 5.56 Å². The lowest BCUT2D eigenvalue weighted by Gasteiger charge is -2.09. The van der Waals surface area contributed by atoms with E-state index in [2.05, 4.69) is 5.32 Å². The van der Waals surface area contributed by atoms with E-state index in [4.69, 9.17) is 25.8 Å². The van der Waals surface area contributed by atoms with Crippen LogP contribution in [0.15, 0.2) is 48.0 Å². The summed E-state index contributed by atoms with van der Waals surface area (Å²) in [6.45, 7) is 2.23. The molecule has 0 spiro atoms. The van der Waals surface area contributed by atoms with Gasteiger partial charge >= 0.3 is 5.97 Å². The average molecular weight is 429 g/mol. The van der Waals surface area contributed by atoms with Crippen molar-refractivity contribution in [2.45, 2.75) is 6.92 Å². The third-order valence-electron chi connectivity index (χ3n) is 3.86. The minimum atomic E-state index is -0.567. The smallest absolute Gasteiger partial charge is 0.349 e. The quantitative estimate of drug-likeness (QED) is 0.216. The fraction of sp³-hybridized carbons (Fsp3) is 0.227. The predicted octanol–water partition coefficient (Wildman–Crippen LogP) is 3.30. The summed E-state index contributed by atoms with van der Waals surface area (Å²) < 4.78 is 15.5. The summed E-state index contributed by atoms with van der Waals surface area (Å²) in [5.41, 5.74) is 1.38. The molecule has 2 aromatic carbocycles. The van der Waals surface area contributed by atoms with Crippen LogP contribution < -0.4 is 14.8 Å². The van der Waals surface area contributed by atoms with Crippen molar-refractivity contribution in [2.75, 3.05) is 26.9 Å². The number of aryl methyl sites for hydroxylation is 1. The molecule has 2 aromatic rings. The van der Waals surface area contributed by atoms with Gasteiger partial charge in [-0.25, -0.2) is 4.79 Å². The standard InChI is InChI=1S/C22H21ClN2O5/c1-15-11-18(23)5-8-20(15)29-14-21(26)30-19-6-3-16(4-7-19)12-17(13-24)22(27)25-9-10-28-2/h3-8,11-12H,9-10,14H2,1-2H3,(H,25,27)/b17-12+. The average Bonchev–Trinajstić information content (AvgIpc) is 2.72. The van der Waals surface area contributed by atoms with Gasteiger partial charge in [-0.1, -0.05) is 23.7 Å². The highest BCUT2D eigenvalue weighted by molar-refractivity contribution is 6.30. The zero-order valence-corrected chi connectivity index (χ0v) is 17.4. The van der Waals surface area contributed by atoms with Crippen molar-refractivity contribution >= 4 is 29.6 Å². The first kappa shape index (κ1) is 22.9. The first-order chi connectivity index (χ1) is 14.4. The second-order valence-electron chi connectivity index (χ2n) is 6.16. The van der Waals surface area contributed by atoms with Crippen molar-refractivity contribution in [1.29, 1.82) is 5.26 Å². The Hall–Kier alpha value is -3.34. The Kier molecular flexibility index (Phi) is 8.88. The van der Waals surface area contributed by atoms with Crippen LogP contribution in [0.1, 0.15) is 11.1 Å².